The molecule has 17 heavy (non-hydrogen) atoms. The molecule has 1 aromatic heterocycles. The minimum Gasteiger partial charge on any atom is -0.383 e. The molecule has 92 valence electrons. The molecular weight excluding hydrogens is 218 g/mol. The van der Waals surface area contributed by atoms with Gasteiger partial charge in [-0.05, 0) is 26.3 Å². The Balaban J connectivity index is 2.94. The SMILES string of the molecule is CCC(C)(C)NC(=O)c1cnc(N)c(C=O)c1. The van der Waals surface area contributed by atoms with Gasteiger partial charge in [-0.3, -0.25) is 9.59 Å². The van der Waals surface area contributed by atoms with Crippen LogP contribution < -0.4 is 11.1 Å². The van der Waals surface area contributed by atoms with E-state index in [9.17, 15) is 9.59 Å². The molecule has 0 saturated carbocycles. The Bertz CT molecular complexity index is 441. The molecule has 0 atom stereocenters. The number of nitrogen functional groups attached to an aromatic ring is 1. The highest BCUT2D eigenvalue weighted by Gasteiger charge is 2.19. The number of pyridine rings is 1. The van der Waals surface area contributed by atoms with Crippen LogP contribution in [0.15, 0.2) is 12.3 Å². The van der Waals surface area contributed by atoms with Gasteiger partial charge in [-0.1, -0.05) is 6.92 Å². The summed E-state index contributed by atoms with van der Waals surface area (Å²) >= 11 is 0. The zero-order chi connectivity index (χ0) is 13.1. The lowest BCUT2D eigenvalue weighted by atomic mass is 10.0. The first-order chi connectivity index (χ1) is 7.89. The van der Waals surface area contributed by atoms with Gasteiger partial charge in [-0.2, -0.15) is 0 Å². The van der Waals surface area contributed by atoms with E-state index in [-0.39, 0.29) is 22.8 Å². The van der Waals surface area contributed by atoms with Crippen LogP contribution >= 0.6 is 0 Å². The smallest absolute Gasteiger partial charge is 0.253 e. The monoisotopic (exact) mass is 235 g/mol. The number of anilines is 1. The summed E-state index contributed by atoms with van der Waals surface area (Å²) in [6.07, 6.45) is 2.76. The van der Waals surface area contributed by atoms with Gasteiger partial charge in [0.15, 0.2) is 6.29 Å². The van der Waals surface area contributed by atoms with E-state index in [2.05, 4.69) is 10.3 Å². The van der Waals surface area contributed by atoms with Gasteiger partial charge in [0.2, 0.25) is 0 Å². The summed E-state index contributed by atoms with van der Waals surface area (Å²) in [5.41, 5.74) is 5.75. The van der Waals surface area contributed by atoms with Gasteiger partial charge in [-0.25, -0.2) is 4.98 Å². The average Bonchev–Trinajstić information content (AvgIpc) is 2.29. The third-order valence-corrected chi connectivity index (χ3v) is 2.67. The van der Waals surface area contributed by atoms with Crippen molar-refractivity contribution < 1.29 is 9.59 Å². The largest absolute Gasteiger partial charge is 0.383 e. The highest BCUT2D eigenvalue weighted by atomic mass is 16.1. The first kappa shape index (κ1) is 13.2. The van der Waals surface area contributed by atoms with Crippen molar-refractivity contribution >= 4 is 18.0 Å². The minimum atomic E-state index is -0.292. The second kappa shape index (κ2) is 4.95. The lowest BCUT2D eigenvalue weighted by molar-refractivity contribution is 0.0911. The van der Waals surface area contributed by atoms with Crippen LogP contribution in [0, 0.1) is 0 Å². The van der Waals surface area contributed by atoms with E-state index in [1.54, 1.807) is 0 Å². The van der Waals surface area contributed by atoms with E-state index in [1.807, 2.05) is 20.8 Å². The first-order valence-electron chi connectivity index (χ1n) is 5.43. The zero-order valence-corrected chi connectivity index (χ0v) is 10.3. The third-order valence-electron chi connectivity index (χ3n) is 2.67. The van der Waals surface area contributed by atoms with Gasteiger partial charge < -0.3 is 11.1 Å². The summed E-state index contributed by atoms with van der Waals surface area (Å²) in [6.45, 7) is 5.84. The summed E-state index contributed by atoms with van der Waals surface area (Å²) in [5, 5.41) is 2.86. The Kier molecular flexibility index (Phi) is 3.83. The second-order valence-corrected chi connectivity index (χ2v) is 4.51. The molecule has 0 unspecified atom stereocenters. The standard InChI is InChI=1S/C12H17N3O2/c1-4-12(2,3)15-11(17)8-5-9(7-16)10(13)14-6-8/h5-7H,4H2,1-3H3,(H2,13,14)(H,15,17). The van der Waals surface area contributed by atoms with Gasteiger partial charge in [0.05, 0.1) is 11.1 Å². The maximum Gasteiger partial charge on any atom is 0.253 e. The van der Waals surface area contributed by atoms with E-state index < -0.39 is 0 Å². The van der Waals surface area contributed by atoms with E-state index in [4.69, 9.17) is 5.73 Å². The average molecular weight is 235 g/mol. The van der Waals surface area contributed by atoms with Gasteiger partial charge in [0, 0.05) is 11.7 Å². The first-order valence-corrected chi connectivity index (χ1v) is 5.43. The van der Waals surface area contributed by atoms with Crippen molar-refractivity contribution in [1.82, 2.24) is 10.3 Å². The number of nitrogens with zero attached hydrogens (tertiary/aromatic N) is 1. The Hall–Kier alpha value is -1.91. The number of amides is 1. The van der Waals surface area contributed by atoms with Crippen molar-refractivity contribution in [2.24, 2.45) is 0 Å². The number of nitrogens with one attached hydrogen (secondary N) is 1. The van der Waals surface area contributed by atoms with Crippen LogP contribution in [-0.2, 0) is 0 Å². The number of aldehydes is 1. The molecule has 1 amide bonds. The molecule has 0 bridgehead atoms. The predicted octanol–water partition coefficient (Wildman–Crippen LogP) is 1.39. The van der Waals surface area contributed by atoms with Gasteiger partial charge in [0.1, 0.15) is 5.82 Å². The van der Waals surface area contributed by atoms with Crippen molar-refractivity contribution in [2.75, 3.05) is 5.73 Å². The molecule has 1 aromatic rings. The Labute approximate surface area is 100 Å². The lowest BCUT2D eigenvalue weighted by Crippen LogP contribution is -2.42. The highest BCUT2D eigenvalue weighted by molar-refractivity contribution is 5.96. The molecular formula is C12H17N3O2. The van der Waals surface area contributed by atoms with Crippen molar-refractivity contribution in [3.05, 3.63) is 23.4 Å². The van der Waals surface area contributed by atoms with Crippen molar-refractivity contribution in [2.45, 2.75) is 32.7 Å². The maximum absolute atomic E-state index is 11.9. The van der Waals surface area contributed by atoms with E-state index in [0.717, 1.165) is 6.42 Å². The van der Waals surface area contributed by atoms with Crippen molar-refractivity contribution in [3.8, 4) is 0 Å². The molecule has 1 rings (SSSR count). The molecule has 1 heterocycles. The van der Waals surface area contributed by atoms with Crippen LogP contribution in [-0.4, -0.2) is 22.7 Å². The summed E-state index contributed by atoms with van der Waals surface area (Å²) in [7, 11) is 0. The number of hydrogen-bond acceptors (Lipinski definition) is 4. The fourth-order valence-corrected chi connectivity index (χ4v) is 1.18. The minimum absolute atomic E-state index is 0.131. The van der Waals surface area contributed by atoms with E-state index in [1.165, 1.54) is 12.3 Å². The number of carbonyl (C=O) groups excluding carboxylic acids is 2. The van der Waals surface area contributed by atoms with E-state index in [0.29, 0.717) is 11.8 Å². The molecule has 5 nitrogen and oxygen atoms in total. The molecule has 5 heteroatoms. The molecule has 0 radical (unpaired) electrons. The molecule has 3 N–H and O–H groups in total. The lowest BCUT2D eigenvalue weighted by Gasteiger charge is -2.24. The molecule has 0 spiro atoms. The number of aromatic nitrogens is 1. The normalized spacial score (nSPS) is 11.0. The predicted molar refractivity (Wildman–Crippen MR) is 65.9 cm³/mol. The molecule has 0 aliphatic heterocycles. The Morgan fingerprint density at radius 2 is 2.24 bits per heavy atom. The fourth-order valence-electron chi connectivity index (χ4n) is 1.18. The van der Waals surface area contributed by atoms with Crippen molar-refractivity contribution in [1.29, 1.82) is 0 Å². The molecule has 0 aliphatic carbocycles. The molecule has 0 saturated heterocycles. The van der Waals surface area contributed by atoms with Crippen LogP contribution in [0.4, 0.5) is 5.82 Å². The van der Waals surface area contributed by atoms with Crippen LogP contribution in [0.3, 0.4) is 0 Å². The van der Waals surface area contributed by atoms with Gasteiger partial charge >= 0.3 is 0 Å². The zero-order valence-electron chi connectivity index (χ0n) is 10.3. The van der Waals surface area contributed by atoms with Crippen LogP contribution in [0.25, 0.3) is 0 Å². The Morgan fingerprint density at radius 1 is 1.59 bits per heavy atom. The third kappa shape index (κ3) is 3.27. The summed E-state index contributed by atoms with van der Waals surface area (Å²) < 4.78 is 0. The summed E-state index contributed by atoms with van der Waals surface area (Å²) in [5.74, 6) is -0.126. The molecule has 0 fully saturated rings. The van der Waals surface area contributed by atoms with Crippen LogP contribution in [0.2, 0.25) is 0 Å². The van der Waals surface area contributed by atoms with Gasteiger partial charge in [-0.15, -0.1) is 0 Å². The number of nitrogens with two attached hydrogens (primary N) is 1. The van der Waals surface area contributed by atoms with Crippen LogP contribution in [0.1, 0.15) is 47.9 Å². The Morgan fingerprint density at radius 3 is 2.76 bits per heavy atom. The summed E-state index contributed by atoms with van der Waals surface area (Å²) in [6, 6.07) is 1.44. The quantitative estimate of drug-likeness (QED) is 0.772. The number of rotatable bonds is 4. The van der Waals surface area contributed by atoms with Crippen molar-refractivity contribution in [3.63, 3.8) is 0 Å². The topological polar surface area (TPSA) is 85.1 Å². The summed E-state index contributed by atoms with van der Waals surface area (Å²) in [4.78, 5) is 26.4. The number of hydrogen-bond donors (Lipinski definition) is 2. The fraction of sp³-hybridized carbons (Fsp3) is 0.417. The number of carbonyl (C=O) groups is 2. The highest BCUT2D eigenvalue weighted by Crippen LogP contribution is 2.12. The second-order valence-electron chi connectivity index (χ2n) is 4.51. The van der Waals surface area contributed by atoms with Crippen LogP contribution in [0.5, 0.6) is 0 Å². The maximum atomic E-state index is 11.9. The van der Waals surface area contributed by atoms with Gasteiger partial charge in [0.25, 0.3) is 5.91 Å². The van der Waals surface area contributed by atoms with E-state index >= 15 is 0 Å². The molecule has 0 aliphatic rings. The molecule has 0 aromatic carbocycles.